The Kier molecular flexibility index (Phi) is 6.95. The molecule has 0 fully saturated rings. The minimum absolute atomic E-state index is 0.383. The van der Waals surface area contributed by atoms with Gasteiger partial charge in [0.15, 0.2) is 11.5 Å². The second-order valence-electron chi connectivity index (χ2n) is 7.88. The fourth-order valence-corrected chi connectivity index (χ4v) is 3.94. The first-order chi connectivity index (χ1) is 15.7. The standard InChI is InChI=1S/C27H30N2O3/c1-20-11-10-12-21(2)27(20)31-18-9-8-17-29-23-14-5-4-13-22(23)28-26(29)19-32-25-16-7-6-15-24(25)30-3/h4-7,10-16H,8-9,17-19H2,1-3H3. The van der Waals surface area contributed by atoms with Crippen molar-refractivity contribution in [2.75, 3.05) is 13.7 Å². The summed E-state index contributed by atoms with van der Waals surface area (Å²) in [6, 6.07) is 22.2. The van der Waals surface area contributed by atoms with E-state index in [1.165, 1.54) is 11.1 Å². The van der Waals surface area contributed by atoms with Crippen LogP contribution in [0.5, 0.6) is 17.2 Å². The van der Waals surface area contributed by atoms with E-state index in [0.717, 1.165) is 53.5 Å². The molecule has 1 heterocycles. The van der Waals surface area contributed by atoms with Crippen LogP contribution in [0.15, 0.2) is 66.7 Å². The van der Waals surface area contributed by atoms with E-state index in [4.69, 9.17) is 19.2 Å². The van der Waals surface area contributed by atoms with Gasteiger partial charge in [0, 0.05) is 6.54 Å². The van der Waals surface area contributed by atoms with Gasteiger partial charge in [-0.1, -0.05) is 42.5 Å². The molecule has 0 bridgehead atoms. The van der Waals surface area contributed by atoms with Crippen LogP contribution in [0.25, 0.3) is 11.0 Å². The SMILES string of the molecule is COc1ccccc1OCc1nc2ccccc2n1CCCCOc1c(C)cccc1C. The maximum Gasteiger partial charge on any atom is 0.161 e. The summed E-state index contributed by atoms with van der Waals surface area (Å²) in [6.07, 6.45) is 1.96. The number of aromatic nitrogens is 2. The maximum atomic E-state index is 6.07. The van der Waals surface area contributed by atoms with Crippen molar-refractivity contribution in [3.63, 3.8) is 0 Å². The molecule has 0 saturated heterocycles. The number of nitrogens with zero attached hydrogens (tertiary/aromatic N) is 2. The Bertz CT molecular complexity index is 1160. The molecule has 5 heteroatoms. The maximum absolute atomic E-state index is 6.07. The second kappa shape index (κ2) is 10.2. The van der Waals surface area contributed by atoms with E-state index < -0.39 is 0 Å². The van der Waals surface area contributed by atoms with E-state index in [1.807, 2.05) is 36.4 Å². The molecule has 0 aliphatic rings. The number of aryl methyl sites for hydroxylation is 3. The third-order valence-electron chi connectivity index (χ3n) is 5.59. The number of rotatable bonds is 10. The molecule has 0 radical (unpaired) electrons. The van der Waals surface area contributed by atoms with E-state index in [9.17, 15) is 0 Å². The average Bonchev–Trinajstić information content (AvgIpc) is 3.16. The molecule has 0 saturated carbocycles. The van der Waals surface area contributed by atoms with E-state index >= 15 is 0 Å². The molecule has 4 rings (SSSR count). The van der Waals surface area contributed by atoms with E-state index in [-0.39, 0.29) is 0 Å². The van der Waals surface area contributed by atoms with Crippen LogP contribution in [0.3, 0.4) is 0 Å². The smallest absolute Gasteiger partial charge is 0.161 e. The lowest BCUT2D eigenvalue weighted by Crippen LogP contribution is -2.09. The number of benzene rings is 3. The van der Waals surface area contributed by atoms with Crippen LogP contribution in [0.2, 0.25) is 0 Å². The van der Waals surface area contributed by atoms with Crippen LogP contribution in [0, 0.1) is 13.8 Å². The molecule has 0 aliphatic heterocycles. The molecule has 1 aromatic heterocycles. The van der Waals surface area contributed by atoms with Crippen molar-refractivity contribution in [2.45, 2.75) is 39.8 Å². The molecule has 166 valence electrons. The van der Waals surface area contributed by atoms with E-state index in [0.29, 0.717) is 13.2 Å². The van der Waals surface area contributed by atoms with Gasteiger partial charge in [0.1, 0.15) is 18.2 Å². The highest BCUT2D eigenvalue weighted by molar-refractivity contribution is 5.75. The van der Waals surface area contributed by atoms with Crippen molar-refractivity contribution >= 4 is 11.0 Å². The second-order valence-corrected chi connectivity index (χ2v) is 7.88. The van der Waals surface area contributed by atoms with Crippen molar-refractivity contribution in [2.24, 2.45) is 0 Å². The number of hydrogen-bond acceptors (Lipinski definition) is 4. The Morgan fingerprint density at radius 3 is 2.28 bits per heavy atom. The summed E-state index contributed by atoms with van der Waals surface area (Å²) >= 11 is 0. The molecule has 4 aromatic rings. The molecule has 0 spiro atoms. The Hall–Kier alpha value is -3.47. The van der Waals surface area contributed by atoms with Gasteiger partial charge in [0.05, 0.1) is 24.8 Å². The van der Waals surface area contributed by atoms with Crippen molar-refractivity contribution in [3.05, 3.63) is 83.7 Å². The van der Waals surface area contributed by atoms with Crippen LogP contribution < -0.4 is 14.2 Å². The number of hydrogen-bond donors (Lipinski definition) is 0. The van der Waals surface area contributed by atoms with Crippen molar-refractivity contribution in [1.82, 2.24) is 9.55 Å². The molecule has 5 nitrogen and oxygen atoms in total. The summed E-state index contributed by atoms with van der Waals surface area (Å²) < 4.78 is 19.8. The van der Waals surface area contributed by atoms with E-state index in [1.54, 1.807) is 7.11 Å². The molecule has 32 heavy (non-hydrogen) atoms. The highest BCUT2D eigenvalue weighted by Crippen LogP contribution is 2.27. The van der Waals surface area contributed by atoms with Gasteiger partial charge >= 0.3 is 0 Å². The lowest BCUT2D eigenvalue weighted by molar-refractivity contribution is 0.269. The van der Waals surface area contributed by atoms with Gasteiger partial charge in [-0.05, 0) is 62.1 Å². The first-order valence-corrected chi connectivity index (χ1v) is 11.1. The van der Waals surface area contributed by atoms with Crippen LogP contribution >= 0.6 is 0 Å². The third kappa shape index (κ3) is 4.88. The molecule has 0 aliphatic carbocycles. The molecule has 3 aromatic carbocycles. The lowest BCUT2D eigenvalue weighted by Gasteiger charge is -2.14. The molecule has 0 atom stereocenters. The fraction of sp³-hybridized carbons (Fsp3) is 0.296. The lowest BCUT2D eigenvalue weighted by atomic mass is 10.1. The molecule has 0 unspecified atom stereocenters. The third-order valence-corrected chi connectivity index (χ3v) is 5.59. The van der Waals surface area contributed by atoms with Gasteiger partial charge in [-0.15, -0.1) is 0 Å². The number of methoxy groups -OCH3 is 1. The number of ether oxygens (including phenoxy) is 3. The number of para-hydroxylation sites is 5. The van der Waals surface area contributed by atoms with Crippen molar-refractivity contribution < 1.29 is 14.2 Å². The minimum Gasteiger partial charge on any atom is -0.493 e. The van der Waals surface area contributed by atoms with Gasteiger partial charge < -0.3 is 18.8 Å². The Morgan fingerprint density at radius 1 is 0.781 bits per heavy atom. The zero-order valence-electron chi connectivity index (χ0n) is 19.0. The van der Waals surface area contributed by atoms with Gasteiger partial charge in [-0.3, -0.25) is 0 Å². The molecular weight excluding hydrogens is 400 g/mol. The van der Waals surface area contributed by atoms with Crippen LogP contribution in [-0.4, -0.2) is 23.3 Å². The Labute approximate surface area is 189 Å². The minimum atomic E-state index is 0.383. The summed E-state index contributed by atoms with van der Waals surface area (Å²) in [7, 11) is 1.65. The number of fused-ring (bicyclic) bond motifs is 1. The largest absolute Gasteiger partial charge is 0.493 e. The Morgan fingerprint density at radius 2 is 1.50 bits per heavy atom. The van der Waals surface area contributed by atoms with Gasteiger partial charge in [-0.25, -0.2) is 4.98 Å². The summed E-state index contributed by atoms with van der Waals surface area (Å²) in [5, 5.41) is 0. The van der Waals surface area contributed by atoms with Gasteiger partial charge in [-0.2, -0.15) is 0 Å². The quantitative estimate of drug-likeness (QED) is 0.285. The summed E-state index contributed by atoms with van der Waals surface area (Å²) in [5.41, 5.74) is 4.47. The number of unbranched alkanes of at least 4 members (excludes halogenated alkanes) is 1. The molecular formula is C27H30N2O3. The molecule has 0 amide bonds. The average molecular weight is 431 g/mol. The summed E-state index contributed by atoms with van der Waals surface area (Å²) in [5.74, 6) is 3.36. The predicted octanol–water partition coefficient (Wildman–Crippen LogP) is 6.10. The van der Waals surface area contributed by atoms with E-state index in [2.05, 4.69) is 48.7 Å². The monoisotopic (exact) mass is 430 g/mol. The van der Waals surface area contributed by atoms with Crippen LogP contribution in [-0.2, 0) is 13.2 Å². The van der Waals surface area contributed by atoms with Gasteiger partial charge in [0.25, 0.3) is 0 Å². The van der Waals surface area contributed by atoms with Gasteiger partial charge in [0.2, 0.25) is 0 Å². The number of imidazole rings is 1. The molecule has 0 N–H and O–H groups in total. The highest BCUT2D eigenvalue weighted by Gasteiger charge is 2.12. The van der Waals surface area contributed by atoms with Crippen LogP contribution in [0.1, 0.15) is 29.8 Å². The normalized spacial score (nSPS) is 11.0. The summed E-state index contributed by atoms with van der Waals surface area (Å²) in [4.78, 5) is 4.82. The van der Waals surface area contributed by atoms with Crippen LogP contribution in [0.4, 0.5) is 0 Å². The predicted molar refractivity (Wildman–Crippen MR) is 128 cm³/mol. The Balaban J connectivity index is 1.41. The van der Waals surface area contributed by atoms with Crippen molar-refractivity contribution in [1.29, 1.82) is 0 Å². The first-order valence-electron chi connectivity index (χ1n) is 11.1. The first kappa shape index (κ1) is 21.8. The highest BCUT2D eigenvalue weighted by atomic mass is 16.5. The fourth-order valence-electron chi connectivity index (χ4n) is 3.94. The van der Waals surface area contributed by atoms with Crippen molar-refractivity contribution in [3.8, 4) is 17.2 Å². The zero-order chi connectivity index (χ0) is 22.3. The summed E-state index contributed by atoms with van der Waals surface area (Å²) in [6.45, 7) is 6.13. The topological polar surface area (TPSA) is 45.5 Å². The zero-order valence-corrected chi connectivity index (χ0v) is 19.0.